The third-order valence-corrected chi connectivity index (χ3v) is 6.34. The van der Waals surface area contributed by atoms with Gasteiger partial charge in [0.15, 0.2) is 0 Å². The maximum Gasteiger partial charge on any atom is 0.254 e. The number of nitrogens with one attached hydrogen (secondary N) is 4. The van der Waals surface area contributed by atoms with E-state index in [2.05, 4.69) is 37.8 Å². The Kier molecular flexibility index (Phi) is 9.57. The lowest BCUT2D eigenvalue weighted by atomic mass is 10.1. The summed E-state index contributed by atoms with van der Waals surface area (Å²) in [4.78, 5) is 33.4. The quantitative estimate of drug-likeness (QED) is 0.174. The molecule has 3 aromatic carbocycles. The summed E-state index contributed by atoms with van der Waals surface area (Å²) in [6, 6.07) is 18.1. The van der Waals surface area contributed by atoms with Crippen molar-refractivity contribution < 1.29 is 23.8 Å². The van der Waals surface area contributed by atoms with E-state index in [9.17, 15) is 9.59 Å². The number of carbonyl (C=O) groups excluding carboxylic acids is 2. The molecule has 2 amide bonds. The number of amides is 2. The highest BCUT2D eigenvalue weighted by molar-refractivity contribution is 6.02. The number of hydrogen-bond donors (Lipinski definition) is 4. The number of benzene rings is 3. The van der Waals surface area contributed by atoms with E-state index in [1.165, 1.54) is 19.5 Å². The summed E-state index contributed by atoms with van der Waals surface area (Å²) in [7, 11) is 6.23. The monoisotopic (exact) mass is 568 g/mol. The van der Waals surface area contributed by atoms with Crippen molar-refractivity contribution in [1.82, 2.24) is 15.3 Å². The molecule has 0 spiro atoms. The largest absolute Gasteiger partial charge is 0.496 e. The van der Waals surface area contributed by atoms with E-state index < -0.39 is 0 Å². The number of methoxy groups -OCH3 is 3. The molecule has 4 rings (SSSR count). The molecule has 4 N–H and O–H groups in total. The molecule has 0 aliphatic rings. The predicted octanol–water partition coefficient (Wildman–Crippen LogP) is 5.01. The van der Waals surface area contributed by atoms with Crippen LogP contribution in [0.2, 0.25) is 0 Å². The molecule has 216 valence electrons. The standard InChI is InChI=1S/C31H32N6O5/c1-6-30(38)37-24-14-25(28(42-5)15-23(24)33-17-20-9-7-8-10-26(20)40-3)36-29-16-22(34-18-35-29)19-11-12-27(41-4)21(13-19)31(39)32-2/h6-16,18,33H,1,17H2,2-5H3,(H,32,39)(H,37,38)(H,34,35,36). The number of ether oxygens (including phenoxy) is 3. The molecule has 42 heavy (non-hydrogen) atoms. The fraction of sp³-hybridized carbons (Fsp3) is 0.161. The van der Waals surface area contributed by atoms with Crippen LogP contribution in [0.3, 0.4) is 0 Å². The molecule has 11 nitrogen and oxygen atoms in total. The predicted molar refractivity (Wildman–Crippen MR) is 163 cm³/mol. The minimum Gasteiger partial charge on any atom is -0.496 e. The lowest BCUT2D eigenvalue weighted by molar-refractivity contribution is -0.111. The van der Waals surface area contributed by atoms with E-state index in [1.54, 1.807) is 51.6 Å². The van der Waals surface area contributed by atoms with E-state index in [4.69, 9.17) is 14.2 Å². The third kappa shape index (κ3) is 6.76. The summed E-state index contributed by atoms with van der Waals surface area (Å²) in [6.45, 7) is 4.00. The molecule has 1 aromatic heterocycles. The van der Waals surface area contributed by atoms with Gasteiger partial charge in [-0.3, -0.25) is 9.59 Å². The van der Waals surface area contributed by atoms with Crippen LogP contribution >= 0.6 is 0 Å². The Labute approximate surface area is 243 Å². The van der Waals surface area contributed by atoms with Crippen LogP contribution in [-0.4, -0.2) is 50.2 Å². The Morgan fingerprint density at radius 3 is 2.33 bits per heavy atom. The molecule has 0 radical (unpaired) electrons. The van der Waals surface area contributed by atoms with E-state index >= 15 is 0 Å². The summed E-state index contributed by atoms with van der Waals surface area (Å²) >= 11 is 0. The summed E-state index contributed by atoms with van der Waals surface area (Å²) in [5.74, 6) is 1.50. The number of hydrogen-bond acceptors (Lipinski definition) is 9. The van der Waals surface area contributed by atoms with Gasteiger partial charge in [-0.15, -0.1) is 0 Å². The highest BCUT2D eigenvalue weighted by atomic mass is 16.5. The fourth-order valence-electron chi connectivity index (χ4n) is 4.22. The van der Waals surface area contributed by atoms with Crippen molar-refractivity contribution in [3.63, 3.8) is 0 Å². The van der Waals surface area contributed by atoms with Crippen LogP contribution in [0.25, 0.3) is 11.3 Å². The molecule has 11 heteroatoms. The van der Waals surface area contributed by atoms with Crippen LogP contribution < -0.4 is 35.5 Å². The van der Waals surface area contributed by atoms with Crippen LogP contribution in [0.15, 0.2) is 79.6 Å². The van der Waals surface area contributed by atoms with Crippen LogP contribution in [0.5, 0.6) is 17.2 Å². The molecule has 0 bridgehead atoms. The maximum absolute atomic E-state index is 12.4. The van der Waals surface area contributed by atoms with E-state index in [1.807, 2.05) is 30.3 Å². The van der Waals surface area contributed by atoms with Gasteiger partial charge < -0.3 is 35.5 Å². The molecule has 0 saturated carbocycles. The highest BCUT2D eigenvalue weighted by Gasteiger charge is 2.16. The minimum atomic E-state index is -0.373. The summed E-state index contributed by atoms with van der Waals surface area (Å²) in [5.41, 5.74) is 4.26. The number of aromatic nitrogens is 2. The molecule has 0 atom stereocenters. The molecule has 0 unspecified atom stereocenters. The molecule has 4 aromatic rings. The first-order valence-electron chi connectivity index (χ1n) is 12.9. The van der Waals surface area contributed by atoms with Gasteiger partial charge in [0, 0.05) is 36.9 Å². The first kappa shape index (κ1) is 29.4. The average molecular weight is 569 g/mol. The van der Waals surface area contributed by atoms with E-state index in [-0.39, 0.29) is 11.8 Å². The lowest BCUT2D eigenvalue weighted by Gasteiger charge is -2.19. The van der Waals surface area contributed by atoms with Gasteiger partial charge in [-0.2, -0.15) is 0 Å². The normalized spacial score (nSPS) is 10.3. The molecule has 1 heterocycles. The van der Waals surface area contributed by atoms with Crippen LogP contribution in [0.1, 0.15) is 15.9 Å². The summed E-state index contributed by atoms with van der Waals surface area (Å²) < 4.78 is 16.5. The topological polar surface area (TPSA) is 136 Å². The van der Waals surface area contributed by atoms with Crippen LogP contribution in [0, 0.1) is 0 Å². The first-order valence-corrected chi connectivity index (χ1v) is 12.9. The third-order valence-electron chi connectivity index (χ3n) is 6.34. The second-order valence-electron chi connectivity index (χ2n) is 8.86. The lowest BCUT2D eigenvalue weighted by Crippen LogP contribution is -2.18. The maximum atomic E-state index is 12.4. The molecule has 0 fully saturated rings. The Morgan fingerprint density at radius 1 is 0.857 bits per heavy atom. The second kappa shape index (κ2) is 13.7. The average Bonchev–Trinajstić information content (AvgIpc) is 3.03. The Balaban J connectivity index is 1.67. The Bertz CT molecular complexity index is 1610. The van der Waals surface area contributed by atoms with Crippen molar-refractivity contribution in [1.29, 1.82) is 0 Å². The number of carbonyl (C=O) groups is 2. The van der Waals surface area contributed by atoms with Crippen molar-refractivity contribution in [2.45, 2.75) is 6.54 Å². The van der Waals surface area contributed by atoms with Gasteiger partial charge in [0.05, 0.1) is 49.6 Å². The van der Waals surface area contributed by atoms with Gasteiger partial charge in [-0.1, -0.05) is 24.8 Å². The number of nitrogens with zero attached hydrogens (tertiary/aromatic N) is 2. The number of para-hydroxylation sites is 1. The molecule has 0 aliphatic carbocycles. The number of rotatable bonds is 12. The van der Waals surface area contributed by atoms with Gasteiger partial charge in [-0.05, 0) is 36.4 Å². The van der Waals surface area contributed by atoms with Gasteiger partial charge in [0.1, 0.15) is 29.4 Å². The van der Waals surface area contributed by atoms with Crippen LogP contribution in [-0.2, 0) is 11.3 Å². The molecule has 0 saturated heterocycles. The van der Waals surface area contributed by atoms with Crippen molar-refractivity contribution in [2.75, 3.05) is 44.3 Å². The van der Waals surface area contributed by atoms with Gasteiger partial charge in [-0.25, -0.2) is 9.97 Å². The van der Waals surface area contributed by atoms with E-state index in [0.29, 0.717) is 57.7 Å². The smallest absolute Gasteiger partial charge is 0.254 e. The van der Waals surface area contributed by atoms with Gasteiger partial charge in [0.25, 0.3) is 5.91 Å². The van der Waals surface area contributed by atoms with Gasteiger partial charge >= 0.3 is 0 Å². The zero-order valence-electron chi connectivity index (χ0n) is 23.8. The molecular weight excluding hydrogens is 536 g/mol. The fourth-order valence-corrected chi connectivity index (χ4v) is 4.22. The second-order valence-corrected chi connectivity index (χ2v) is 8.86. The van der Waals surface area contributed by atoms with Crippen molar-refractivity contribution in [2.24, 2.45) is 0 Å². The number of anilines is 4. The van der Waals surface area contributed by atoms with Crippen LogP contribution in [0.4, 0.5) is 22.9 Å². The van der Waals surface area contributed by atoms with Crippen molar-refractivity contribution >= 4 is 34.7 Å². The van der Waals surface area contributed by atoms with Gasteiger partial charge in [0.2, 0.25) is 5.91 Å². The summed E-state index contributed by atoms with van der Waals surface area (Å²) in [6.07, 6.45) is 2.61. The highest BCUT2D eigenvalue weighted by Crippen LogP contribution is 2.37. The molecule has 0 aliphatic heterocycles. The summed E-state index contributed by atoms with van der Waals surface area (Å²) in [5, 5.41) is 12.1. The minimum absolute atomic E-state index is 0.278. The molecular formula is C31H32N6O5. The van der Waals surface area contributed by atoms with E-state index in [0.717, 1.165) is 11.3 Å². The SMILES string of the molecule is C=CC(=O)Nc1cc(Nc2cc(-c3ccc(OC)c(C(=O)NC)c3)ncn2)c(OC)cc1NCc1ccccc1OC. The van der Waals surface area contributed by atoms with Crippen molar-refractivity contribution in [3.8, 4) is 28.5 Å². The zero-order chi connectivity index (χ0) is 30.1. The Morgan fingerprint density at radius 2 is 1.62 bits per heavy atom. The zero-order valence-corrected chi connectivity index (χ0v) is 23.8. The van der Waals surface area contributed by atoms with Crippen molar-refractivity contribution in [3.05, 3.63) is 90.8 Å². The Hall–Kier alpha value is -5.58. The first-order chi connectivity index (χ1) is 20.4.